The van der Waals surface area contributed by atoms with E-state index in [2.05, 4.69) is 31.2 Å². The fourth-order valence-electron chi connectivity index (χ4n) is 3.18. The number of carboxylic acid groups (broad SMARTS) is 1. The van der Waals surface area contributed by atoms with Gasteiger partial charge >= 0.3 is 5.97 Å². The van der Waals surface area contributed by atoms with Crippen molar-refractivity contribution in [3.8, 4) is 0 Å². The largest absolute Gasteiger partial charge is 0.481 e. The molecule has 1 aromatic heterocycles. The molecule has 0 spiro atoms. The molecule has 1 fully saturated rings. The van der Waals surface area contributed by atoms with Crippen LogP contribution in [0.1, 0.15) is 47.5 Å². The molecule has 1 aliphatic heterocycles. The first kappa shape index (κ1) is 19.7. The molecule has 1 saturated heterocycles. The van der Waals surface area contributed by atoms with Crippen LogP contribution in [0.15, 0.2) is 22.7 Å². The number of aryl methyl sites for hydroxylation is 1. The number of anilines is 1. The lowest BCUT2D eigenvalue weighted by Crippen LogP contribution is -2.18. The molecule has 2 aromatic rings. The van der Waals surface area contributed by atoms with Gasteiger partial charge in [0.15, 0.2) is 6.29 Å². The molecule has 2 N–H and O–H groups in total. The van der Waals surface area contributed by atoms with Gasteiger partial charge < -0.3 is 19.9 Å². The molecule has 0 saturated carbocycles. The summed E-state index contributed by atoms with van der Waals surface area (Å²) in [6.45, 7) is 6.72. The molecule has 144 valence electrons. The van der Waals surface area contributed by atoms with Crippen LogP contribution in [-0.4, -0.2) is 34.3 Å². The monoisotopic (exact) mass is 435 g/mol. The number of benzene rings is 1. The number of hydrogen-bond donors (Lipinski definition) is 2. The Kier molecular flexibility index (Phi) is 6.08. The topological polar surface area (TPSA) is 93.6 Å². The summed E-state index contributed by atoms with van der Waals surface area (Å²) in [5.74, 6) is 0.0698. The summed E-state index contributed by atoms with van der Waals surface area (Å²) in [6.07, 6.45) is -0.890. The molecule has 0 aliphatic carbocycles. The molecule has 27 heavy (non-hydrogen) atoms. The molecule has 7 nitrogen and oxygen atoms in total. The van der Waals surface area contributed by atoms with Gasteiger partial charge in [-0.05, 0) is 38.0 Å². The minimum Gasteiger partial charge on any atom is -0.481 e. The number of aromatic nitrogens is 2. The summed E-state index contributed by atoms with van der Waals surface area (Å²) in [6, 6.07) is 5.97. The van der Waals surface area contributed by atoms with E-state index < -0.39 is 12.3 Å². The molecule has 0 bridgehead atoms. The molecular weight excluding hydrogens is 414 g/mol. The van der Waals surface area contributed by atoms with E-state index in [0.717, 1.165) is 15.6 Å². The SMILES string of the molecule is Cc1nc(CC(=O)O)c(C2OCCO2)c(N[C@H](C)c2cccc(Br)c2C)n1. The number of hydrogen-bond acceptors (Lipinski definition) is 6. The number of nitrogens with zero attached hydrogens (tertiary/aromatic N) is 2. The van der Waals surface area contributed by atoms with Crippen LogP contribution in [0, 0.1) is 13.8 Å². The Morgan fingerprint density at radius 2 is 2.04 bits per heavy atom. The third-order valence-electron chi connectivity index (χ3n) is 4.44. The van der Waals surface area contributed by atoms with Gasteiger partial charge in [0.2, 0.25) is 0 Å². The Morgan fingerprint density at radius 1 is 1.33 bits per heavy atom. The first-order chi connectivity index (χ1) is 12.9. The van der Waals surface area contributed by atoms with E-state index in [4.69, 9.17) is 9.47 Å². The summed E-state index contributed by atoms with van der Waals surface area (Å²) in [5.41, 5.74) is 3.20. The highest BCUT2D eigenvalue weighted by molar-refractivity contribution is 9.10. The van der Waals surface area contributed by atoms with Gasteiger partial charge in [0.25, 0.3) is 0 Å². The Labute approximate surface area is 166 Å². The van der Waals surface area contributed by atoms with E-state index in [1.807, 2.05) is 32.0 Å². The third-order valence-corrected chi connectivity index (χ3v) is 5.30. The summed E-state index contributed by atoms with van der Waals surface area (Å²) in [4.78, 5) is 20.2. The Balaban J connectivity index is 2.01. The minimum absolute atomic E-state index is 0.0605. The number of aliphatic carboxylic acids is 1. The van der Waals surface area contributed by atoms with Gasteiger partial charge in [-0.3, -0.25) is 4.79 Å². The van der Waals surface area contributed by atoms with Gasteiger partial charge in [0.1, 0.15) is 11.6 Å². The minimum atomic E-state index is -0.964. The normalized spacial score (nSPS) is 15.7. The predicted molar refractivity (Wildman–Crippen MR) is 104 cm³/mol. The van der Waals surface area contributed by atoms with Crippen LogP contribution >= 0.6 is 15.9 Å². The van der Waals surface area contributed by atoms with Crippen LogP contribution in [0.3, 0.4) is 0 Å². The lowest BCUT2D eigenvalue weighted by molar-refractivity contribution is -0.136. The van der Waals surface area contributed by atoms with Crippen molar-refractivity contribution in [3.05, 3.63) is 50.9 Å². The van der Waals surface area contributed by atoms with Gasteiger partial charge in [-0.1, -0.05) is 28.1 Å². The fraction of sp³-hybridized carbons (Fsp3) is 0.421. The molecular formula is C19H22BrN3O4. The van der Waals surface area contributed by atoms with Gasteiger partial charge in [0.05, 0.1) is 36.9 Å². The Bertz CT molecular complexity index is 853. The maximum atomic E-state index is 11.3. The summed E-state index contributed by atoms with van der Waals surface area (Å²) in [7, 11) is 0. The zero-order valence-electron chi connectivity index (χ0n) is 15.5. The second-order valence-corrected chi connectivity index (χ2v) is 7.30. The van der Waals surface area contributed by atoms with Crippen molar-refractivity contribution in [1.82, 2.24) is 9.97 Å². The maximum absolute atomic E-state index is 11.3. The van der Waals surface area contributed by atoms with E-state index in [0.29, 0.717) is 36.1 Å². The maximum Gasteiger partial charge on any atom is 0.309 e. The Morgan fingerprint density at radius 3 is 2.70 bits per heavy atom. The van der Waals surface area contributed by atoms with Crippen molar-refractivity contribution >= 4 is 27.7 Å². The molecule has 3 rings (SSSR count). The van der Waals surface area contributed by atoms with E-state index in [1.54, 1.807) is 6.92 Å². The average molecular weight is 436 g/mol. The summed E-state index contributed by atoms with van der Waals surface area (Å²) < 4.78 is 12.3. The van der Waals surface area contributed by atoms with Crippen molar-refractivity contribution in [1.29, 1.82) is 0 Å². The highest BCUT2D eigenvalue weighted by Gasteiger charge is 2.29. The second kappa shape index (κ2) is 8.33. The zero-order chi connectivity index (χ0) is 19.6. The smallest absolute Gasteiger partial charge is 0.309 e. The van der Waals surface area contributed by atoms with Crippen LogP contribution in [-0.2, 0) is 20.7 Å². The second-order valence-electron chi connectivity index (χ2n) is 6.44. The first-order valence-corrected chi connectivity index (χ1v) is 9.50. The van der Waals surface area contributed by atoms with Gasteiger partial charge in [0, 0.05) is 4.47 Å². The standard InChI is InChI=1S/C19H22BrN3O4/c1-10-13(5-4-6-14(10)20)11(2)21-18-17(19-26-7-8-27-19)15(9-16(24)25)22-12(3)23-18/h4-6,11,19H,7-9H2,1-3H3,(H,24,25)(H,21,22,23)/t11-/m1/s1. The number of nitrogens with one attached hydrogen (secondary N) is 1. The third kappa shape index (κ3) is 4.45. The lowest BCUT2D eigenvalue weighted by Gasteiger charge is -2.23. The molecule has 1 aromatic carbocycles. The fourth-order valence-corrected chi connectivity index (χ4v) is 3.56. The van der Waals surface area contributed by atoms with Gasteiger partial charge in [-0.15, -0.1) is 0 Å². The van der Waals surface area contributed by atoms with Crippen LogP contribution in [0.25, 0.3) is 0 Å². The molecule has 2 heterocycles. The van der Waals surface area contributed by atoms with Crippen molar-refractivity contribution in [2.45, 2.75) is 39.5 Å². The van der Waals surface area contributed by atoms with E-state index in [-0.39, 0.29) is 12.5 Å². The lowest BCUT2D eigenvalue weighted by atomic mass is 10.0. The Hall–Kier alpha value is -2.03. The van der Waals surface area contributed by atoms with E-state index >= 15 is 0 Å². The highest BCUT2D eigenvalue weighted by atomic mass is 79.9. The van der Waals surface area contributed by atoms with Crippen molar-refractivity contribution < 1.29 is 19.4 Å². The van der Waals surface area contributed by atoms with Crippen molar-refractivity contribution in [2.24, 2.45) is 0 Å². The van der Waals surface area contributed by atoms with Gasteiger partial charge in [-0.2, -0.15) is 0 Å². The molecule has 1 aliphatic rings. The van der Waals surface area contributed by atoms with Crippen molar-refractivity contribution in [3.63, 3.8) is 0 Å². The number of ether oxygens (including phenoxy) is 2. The molecule has 0 unspecified atom stereocenters. The number of halogens is 1. The molecule has 0 amide bonds. The van der Waals surface area contributed by atoms with Crippen LogP contribution in [0.5, 0.6) is 0 Å². The number of rotatable bonds is 6. The van der Waals surface area contributed by atoms with Crippen molar-refractivity contribution in [2.75, 3.05) is 18.5 Å². The zero-order valence-corrected chi connectivity index (χ0v) is 17.0. The average Bonchev–Trinajstić information content (AvgIpc) is 3.10. The quantitative estimate of drug-likeness (QED) is 0.713. The summed E-state index contributed by atoms with van der Waals surface area (Å²) in [5, 5.41) is 12.7. The molecule has 1 atom stereocenters. The molecule has 8 heteroatoms. The molecule has 0 radical (unpaired) electrons. The number of carboxylic acids is 1. The highest BCUT2D eigenvalue weighted by Crippen LogP contribution is 2.34. The summed E-state index contributed by atoms with van der Waals surface area (Å²) >= 11 is 3.56. The van der Waals surface area contributed by atoms with E-state index in [1.165, 1.54) is 0 Å². The number of carbonyl (C=O) groups is 1. The predicted octanol–water partition coefficient (Wildman–Crippen LogP) is 3.70. The van der Waals surface area contributed by atoms with Crippen LogP contribution in [0.2, 0.25) is 0 Å². The van der Waals surface area contributed by atoms with E-state index in [9.17, 15) is 9.90 Å². The van der Waals surface area contributed by atoms with Crippen LogP contribution < -0.4 is 5.32 Å². The first-order valence-electron chi connectivity index (χ1n) is 8.70. The van der Waals surface area contributed by atoms with Crippen LogP contribution in [0.4, 0.5) is 5.82 Å². The van der Waals surface area contributed by atoms with Gasteiger partial charge in [-0.25, -0.2) is 9.97 Å².